The lowest BCUT2D eigenvalue weighted by atomic mass is 9.52. The molecule has 1 aromatic heterocycles. The zero-order chi connectivity index (χ0) is 15.5. The molecule has 5 rings (SSSR count). The summed E-state index contributed by atoms with van der Waals surface area (Å²) in [5.74, 6) is 1.00. The van der Waals surface area contributed by atoms with Crippen molar-refractivity contribution in [3.63, 3.8) is 0 Å². The first kappa shape index (κ1) is 14.0. The molecule has 4 fully saturated rings. The van der Waals surface area contributed by atoms with Crippen molar-refractivity contribution in [1.29, 1.82) is 0 Å². The van der Waals surface area contributed by atoms with E-state index in [4.69, 9.17) is 10.8 Å². The Balaban J connectivity index is 1.72. The molecule has 0 radical (unpaired) electrons. The van der Waals surface area contributed by atoms with Crippen molar-refractivity contribution >= 4 is 28.5 Å². The molecule has 1 heterocycles. The number of rotatable bonds is 3. The largest absolute Gasteiger partial charge is 0.477 e. The summed E-state index contributed by atoms with van der Waals surface area (Å²) < 4.78 is 0. The molecule has 4 saturated carbocycles. The van der Waals surface area contributed by atoms with E-state index >= 15 is 0 Å². The molecule has 1 aromatic rings. The Morgan fingerprint density at radius 2 is 1.77 bits per heavy atom. The van der Waals surface area contributed by atoms with Crippen LogP contribution in [0, 0.1) is 17.8 Å². The van der Waals surface area contributed by atoms with E-state index < -0.39 is 12.0 Å². The fourth-order valence-corrected chi connectivity index (χ4v) is 6.21. The van der Waals surface area contributed by atoms with Crippen molar-refractivity contribution in [2.75, 3.05) is 4.90 Å². The average molecular weight is 321 g/mol. The number of hydrogen-bond donors (Lipinski definition) is 2. The number of primary amides is 1. The number of hydrogen-bond acceptors (Lipinski definition) is 4. The summed E-state index contributed by atoms with van der Waals surface area (Å²) in [7, 11) is 0. The van der Waals surface area contributed by atoms with Gasteiger partial charge in [-0.3, -0.25) is 4.90 Å². The molecule has 0 saturated heterocycles. The zero-order valence-electron chi connectivity index (χ0n) is 12.2. The standard InChI is InChI=1S/C15H19N3O3S/c16-13(21)18(14-17-7-11(22-14)12(19)20)15-4-8-1-9(5-15)3-10(2-8)6-15/h7-10H,1-6H2,(H2,16,21)(H,19,20). The lowest BCUT2D eigenvalue weighted by Gasteiger charge is -2.59. The number of nitrogens with two attached hydrogens (primary N) is 1. The van der Waals surface area contributed by atoms with Crippen molar-refractivity contribution in [2.24, 2.45) is 23.5 Å². The van der Waals surface area contributed by atoms with Gasteiger partial charge >= 0.3 is 12.0 Å². The zero-order valence-corrected chi connectivity index (χ0v) is 13.0. The maximum Gasteiger partial charge on any atom is 0.347 e. The number of urea groups is 1. The smallest absolute Gasteiger partial charge is 0.347 e. The summed E-state index contributed by atoms with van der Waals surface area (Å²) in [6.07, 6.45) is 8.05. The molecule has 0 unspecified atom stereocenters. The second-order valence-electron chi connectivity index (χ2n) is 7.13. The number of aromatic nitrogens is 1. The van der Waals surface area contributed by atoms with Crippen LogP contribution in [0.3, 0.4) is 0 Å². The Kier molecular flexibility index (Phi) is 2.98. The van der Waals surface area contributed by atoms with Crippen LogP contribution >= 0.6 is 11.3 Å². The number of amides is 2. The molecule has 0 aliphatic heterocycles. The van der Waals surface area contributed by atoms with Gasteiger partial charge in [-0.05, 0) is 56.3 Å². The van der Waals surface area contributed by atoms with Crippen LogP contribution in [0.15, 0.2) is 6.20 Å². The van der Waals surface area contributed by atoms with Gasteiger partial charge in [-0.2, -0.15) is 0 Å². The van der Waals surface area contributed by atoms with E-state index in [1.807, 2.05) is 0 Å². The molecule has 7 heteroatoms. The lowest BCUT2D eigenvalue weighted by molar-refractivity contribution is -0.000216. The minimum atomic E-state index is -1.02. The highest BCUT2D eigenvalue weighted by Gasteiger charge is 2.55. The van der Waals surface area contributed by atoms with Crippen LogP contribution in [-0.2, 0) is 0 Å². The fourth-order valence-electron chi connectivity index (χ4n) is 5.34. The number of carbonyl (C=O) groups is 2. The molecule has 4 bridgehead atoms. The molecular formula is C15H19N3O3S. The van der Waals surface area contributed by atoms with Crippen LogP contribution in [0.1, 0.15) is 48.2 Å². The molecule has 4 aliphatic rings. The van der Waals surface area contributed by atoms with Crippen molar-refractivity contribution in [3.8, 4) is 0 Å². The second-order valence-corrected chi connectivity index (χ2v) is 8.14. The van der Waals surface area contributed by atoms with Gasteiger partial charge in [0, 0.05) is 0 Å². The highest BCUT2D eigenvalue weighted by atomic mass is 32.1. The molecule has 2 amide bonds. The third kappa shape index (κ3) is 2.02. The number of carboxylic acid groups (broad SMARTS) is 1. The Labute approximate surface area is 132 Å². The second kappa shape index (κ2) is 4.68. The quantitative estimate of drug-likeness (QED) is 0.894. The number of thiazole rings is 1. The Hall–Kier alpha value is -1.63. The van der Waals surface area contributed by atoms with E-state index in [0.29, 0.717) is 22.9 Å². The van der Waals surface area contributed by atoms with Crippen molar-refractivity contribution in [1.82, 2.24) is 4.98 Å². The summed E-state index contributed by atoms with van der Waals surface area (Å²) in [6.45, 7) is 0. The van der Waals surface area contributed by atoms with Crippen LogP contribution in [-0.4, -0.2) is 27.6 Å². The normalized spacial score (nSPS) is 35.5. The van der Waals surface area contributed by atoms with Crippen molar-refractivity contribution in [2.45, 2.75) is 44.1 Å². The first-order chi connectivity index (χ1) is 10.5. The number of carboxylic acids is 1. The van der Waals surface area contributed by atoms with Crippen LogP contribution in [0.5, 0.6) is 0 Å². The molecule has 3 N–H and O–H groups in total. The van der Waals surface area contributed by atoms with Crippen molar-refractivity contribution in [3.05, 3.63) is 11.1 Å². The number of aromatic carboxylic acids is 1. The topological polar surface area (TPSA) is 96.5 Å². The molecule has 22 heavy (non-hydrogen) atoms. The summed E-state index contributed by atoms with van der Waals surface area (Å²) in [6, 6.07) is -0.506. The minimum Gasteiger partial charge on any atom is -0.477 e. The molecular weight excluding hydrogens is 302 g/mol. The Morgan fingerprint density at radius 3 is 2.18 bits per heavy atom. The van der Waals surface area contributed by atoms with E-state index in [9.17, 15) is 9.59 Å². The molecule has 0 aromatic carbocycles. The predicted octanol–water partition coefficient (Wildman–Crippen LogP) is 2.70. The van der Waals surface area contributed by atoms with Gasteiger partial charge in [-0.15, -0.1) is 0 Å². The van der Waals surface area contributed by atoms with Gasteiger partial charge in [0.1, 0.15) is 4.88 Å². The van der Waals surface area contributed by atoms with Gasteiger partial charge in [0.25, 0.3) is 0 Å². The van der Waals surface area contributed by atoms with E-state index in [-0.39, 0.29) is 10.4 Å². The summed E-state index contributed by atoms with van der Waals surface area (Å²) in [5, 5.41) is 9.53. The number of anilines is 1. The lowest BCUT2D eigenvalue weighted by Crippen LogP contribution is -2.63. The van der Waals surface area contributed by atoms with Gasteiger partial charge in [0.15, 0.2) is 5.13 Å². The maximum absolute atomic E-state index is 12.2. The first-order valence-corrected chi connectivity index (χ1v) is 8.57. The predicted molar refractivity (Wildman–Crippen MR) is 82.0 cm³/mol. The molecule has 0 spiro atoms. The Bertz CT molecular complexity index is 606. The van der Waals surface area contributed by atoms with Gasteiger partial charge in [0.05, 0.1) is 11.7 Å². The molecule has 4 aliphatic carbocycles. The van der Waals surface area contributed by atoms with Crippen LogP contribution < -0.4 is 10.6 Å². The molecule has 118 valence electrons. The number of carbonyl (C=O) groups excluding carboxylic acids is 1. The number of nitrogens with zero attached hydrogens (tertiary/aromatic N) is 2. The summed E-state index contributed by atoms with van der Waals surface area (Å²) >= 11 is 1.04. The van der Waals surface area contributed by atoms with Crippen LogP contribution in [0.2, 0.25) is 0 Å². The molecule has 6 nitrogen and oxygen atoms in total. The van der Waals surface area contributed by atoms with Gasteiger partial charge in [-0.25, -0.2) is 14.6 Å². The van der Waals surface area contributed by atoms with E-state index in [1.165, 1.54) is 25.5 Å². The maximum atomic E-state index is 12.2. The van der Waals surface area contributed by atoms with E-state index in [2.05, 4.69) is 4.98 Å². The highest BCUT2D eigenvalue weighted by molar-refractivity contribution is 7.17. The highest BCUT2D eigenvalue weighted by Crippen LogP contribution is 2.58. The van der Waals surface area contributed by atoms with Crippen LogP contribution in [0.4, 0.5) is 9.93 Å². The van der Waals surface area contributed by atoms with E-state index in [0.717, 1.165) is 30.6 Å². The van der Waals surface area contributed by atoms with Gasteiger partial charge in [0.2, 0.25) is 0 Å². The SMILES string of the molecule is NC(=O)N(c1ncc(C(=O)O)s1)C12CC3CC(CC(C3)C1)C2. The molecule has 0 atom stereocenters. The van der Waals surface area contributed by atoms with Crippen molar-refractivity contribution < 1.29 is 14.7 Å². The third-order valence-electron chi connectivity index (χ3n) is 5.60. The third-order valence-corrected chi connectivity index (χ3v) is 6.57. The van der Waals surface area contributed by atoms with Gasteiger partial charge < -0.3 is 10.8 Å². The monoisotopic (exact) mass is 321 g/mol. The average Bonchev–Trinajstić information content (AvgIpc) is 2.85. The minimum absolute atomic E-state index is 0.144. The van der Waals surface area contributed by atoms with Crippen LogP contribution in [0.25, 0.3) is 0 Å². The summed E-state index contributed by atoms with van der Waals surface area (Å²) in [4.78, 5) is 29.2. The fraction of sp³-hybridized carbons (Fsp3) is 0.667. The van der Waals surface area contributed by atoms with E-state index in [1.54, 1.807) is 4.90 Å². The first-order valence-electron chi connectivity index (χ1n) is 7.75. The summed E-state index contributed by atoms with van der Waals surface area (Å²) in [5.41, 5.74) is 5.44. The van der Waals surface area contributed by atoms with Gasteiger partial charge in [-0.1, -0.05) is 11.3 Å². The Morgan fingerprint density at radius 1 is 1.23 bits per heavy atom.